The number of anilines is 1. The van der Waals surface area contributed by atoms with E-state index in [1.807, 2.05) is 0 Å². The summed E-state index contributed by atoms with van der Waals surface area (Å²) >= 11 is 1.76. The molecule has 0 aliphatic heterocycles. The lowest BCUT2D eigenvalue weighted by Gasteiger charge is -2.14. The summed E-state index contributed by atoms with van der Waals surface area (Å²) < 4.78 is 0. The van der Waals surface area contributed by atoms with E-state index in [4.69, 9.17) is 9.97 Å². The molecule has 0 amide bonds. The molecule has 2 aromatic heterocycles. The summed E-state index contributed by atoms with van der Waals surface area (Å²) in [7, 11) is 2.09. The van der Waals surface area contributed by atoms with Crippen molar-refractivity contribution >= 4 is 27.4 Å². The third kappa shape index (κ3) is 2.87. The summed E-state index contributed by atoms with van der Waals surface area (Å²) in [5.74, 6) is 1.88. The number of aromatic nitrogens is 2. The van der Waals surface area contributed by atoms with Crippen LogP contribution in [0.1, 0.15) is 30.1 Å². The highest BCUT2D eigenvalue weighted by Crippen LogP contribution is 2.33. The SMILES string of the molecule is CCNc1nc(CN(C)CC)nc2sc(C)c(C)c12. The molecular weight excluding hydrogens is 256 g/mol. The molecule has 1 N–H and O–H groups in total. The standard InChI is InChI=1S/C14H22N4S/c1-6-15-13-12-9(3)10(4)19-14(12)17-11(16-13)8-18(5)7-2/h6-8H2,1-5H3,(H,15,16,17). The van der Waals surface area contributed by atoms with Crippen LogP contribution in [0.4, 0.5) is 5.82 Å². The van der Waals surface area contributed by atoms with Gasteiger partial charge in [0.25, 0.3) is 0 Å². The van der Waals surface area contributed by atoms with Crippen LogP contribution in [0.3, 0.4) is 0 Å². The van der Waals surface area contributed by atoms with E-state index in [0.29, 0.717) is 0 Å². The maximum absolute atomic E-state index is 4.71. The van der Waals surface area contributed by atoms with Gasteiger partial charge in [-0.05, 0) is 39.9 Å². The van der Waals surface area contributed by atoms with Crippen LogP contribution in [0.2, 0.25) is 0 Å². The molecule has 0 spiro atoms. The minimum Gasteiger partial charge on any atom is -0.370 e. The van der Waals surface area contributed by atoms with Crippen molar-refractivity contribution in [3.8, 4) is 0 Å². The first-order valence-electron chi connectivity index (χ1n) is 6.75. The summed E-state index contributed by atoms with van der Waals surface area (Å²) in [6, 6.07) is 0. The first-order valence-corrected chi connectivity index (χ1v) is 7.57. The summed E-state index contributed by atoms with van der Waals surface area (Å²) in [4.78, 5) is 14.0. The first kappa shape index (κ1) is 14.2. The summed E-state index contributed by atoms with van der Waals surface area (Å²) in [6.45, 7) is 11.2. The van der Waals surface area contributed by atoms with E-state index in [1.54, 1.807) is 11.3 Å². The van der Waals surface area contributed by atoms with Crippen molar-refractivity contribution < 1.29 is 0 Å². The second-order valence-corrected chi connectivity index (χ2v) is 6.02. The predicted molar refractivity (Wildman–Crippen MR) is 83.1 cm³/mol. The van der Waals surface area contributed by atoms with E-state index in [1.165, 1.54) is 15.8 Å². The van der Waals surface area contributed by atoms with Gasteiger partial charge in [-0.1, -0.05) is 6.92 Å². The Morgan fingerprint density at radius 2 is 1.95 bits per heavy atom. The Hall–Kier alpha value is -1.20. The Labute approximate surface area is 118 Å². The normalized spacial score (nSPS) is 11.5. The van der Waals surface area contributed by atoms with Gasteiger partial charge in [-0.3, -0.25) is 4.90 Å². The summed E-state index contributed by atoms with van der Waals surface area (Å²) in [5.41, 5.74) is 1.30. The largest absolute Gasteiger partial charge is 0.370 e. The number of thiophene rings is 1. The zero-order chi connectivity index (χ0) is 14.0. The fourth-order valence-electron chi connectivity index (χ4n) is 2.01. The molecule has 0 bridgehead atoms. The quantitative estimate of drug-likeness (QED) is 0.912. The zero-order valence-electron chi connectivity index (χ0n) is 12.4. The van der Waals surface area contributed by atoms with Gasteiger partial charge in [-0.25, -0.2) is 9.97 Å². The van der Waals surface area contributed by atoms with E-state index in [9.17, 15) is 0 Å². The monoisotopic (exact) mass is 278 g/mol. The molecule has 19 heavy (non-hydrogen) atoms. The number of nitrogens with zero attached hydrogens (tertiary/aromatic N) is 3. The fourth-order valence-corrected chi connectivity index (χ4v) is 3.06. The van der Waals surface area contributed by atoms with Crippen LogP contribution in [0.5, 0.6) is 0 Å². The van der Waals surface area contributed by atoms with Gasteiger partial charge >= 0.3 is 0 Å². The zero-order valence-corrected chi connectivity index (χ0v) is 13.2. The van der Waals surface area contributed by atoms with E-state index in [0.717, 1.165) is 36.1 Å². The molecular formula is C14H22N4S. The second-order valence-electron chi connectivity index (χ2n) is 4.81. The number of aryl methyl sites for hydroxylation is 2. The van der Waals surface area contributed by atoms with Crippen LogP contribution in [0, 0.1) is 13.8 Å². The van der Waals surface area contributed by atoms with Gasteiger partial charge in [0.15, 0.2) is 0 Å². The highest BCUT2D eigenvalue weighted by molar-refractivity contribution is 7.18. The van der Waals surface area contributed by atoms with Gasteiger partial charge in [0.1, 0.15) is 16.5 Å². The van der Waals surface area contributed by atoms with Crippen LogP contribution >= 0.6 is 11.3 Å². The van der Waals surface area contributed by atoms with Gasteiger partial charge < -0.3 is 5.32 Å². The van der Waals surface area contributed by atoms with Crippen LogP contribution in [0.15, 0.2) is 0 Å². The molecule has 0 radical (unpaired) electrons. The number of hydrogen-bond donors (Lipinski definition) is 1. The van der Waals surface area contributed by atoms with Crippen LogP contribution in [0.25, 0.3) is 10.2 Å². The predicted octanol–water partition coefficient (Wildman–Crippen LogP) is 3.19. The van der Waals surface area contributed by atoms with Crippen LogP contribution in [-0.4, -0.2) is 35.0 Å². The van der Waals surface area contributed by atoms with Crippen molar-refractivity contribution in [2.24, 2.45) is 0 Å². The van der Waals surface area contributed by atoms with E-state index in [-0.39, 0.29) is 0 Å². The van der Waals surface area contributed by atoms with Crippen molar-refractivity contribution in [1.82, 2.24) is 14.9 Å². The maximum atomic E-state index is 4.71. The van der Waals surface area contributed by atoms with E-state index >= 15 is 0 Å². The minimum absolute atomic E-state index is 0.792. The maximum Gasteiger partial charge on any atom is 0.146 e. The molecule has 0 fully saturated rings. The van der Waals surface area contributed by atoms with Crippen molar-refractivity contribution in [3.05, 3.63) is 16.3 Å². The summed E-state index contributed by atoms with van der Waals surface area (Å²) in [6.07, 6.45) is 0. The lowest BCUT2D eigenvalue weighted by molar-refractivity contribution is 0.337. The molecule has 0 atom stereocenters. The van der Waals surface area contributed by atoms with Crippen LogP contribution < -0.4 is 5.32 Å². The third-order valence-corrected chi connectivity index (χ3v) is 4.47. The Morgan fingerprint density at radius 3 is 2.58 bits per heavy atom. The van der Waals surface area contributed by atoms with Gasteiger partial charge in [-0.15, -0.1) is 11.3 Å². The third-order valence-electron chi connectivity index (χ3n) is 3.37. The molecule has 0 saturated heterocycles. The van der Waals surface area contributed by atoms with Crippen LogP contribution in [-0.2, 0) is 6.54 Å². The number of fused-ring (bicyclic) bond motifs is 1. The molecule has 2 rings (SSSR count). The van der Waals surface area contributed by atoms with Gasteiger partial charge in [0.05, 0.1) is 11.9 Å². The highest BCUT2D eigenvalue weighted by atomic mass is 32.1. The molecule has 2 aromatic rings. The molecule has 0 aromatic carbocycles. The summed E-state index contributed by atoms with van der Waals surface area (Å²) in [5, 5.41) is 4.56. The molecule has 0 saturated carbocycles. The molecule has 5 heteroatoms. The topological polar surface area (TPSA) is 41.1 Å². The molecule has 2 heterocycles. The van der Waals surface area contributed by atoms with Crippen molar-refractivity contribution in [3.63, 3.8) is 0 Å². The van der Waals surface area contributed by atoms with Gasteiger partial charge in [0, 0.05) is 11.4 Å². The Morgan fingerprint density at radius 1 is 1.21 bits per heavy atom. The lowest BCUT2D eigenvalue weighted by Crippen LogP contribution is -2.19. The molecule has 0 aliphatic rings. The van der Waals surface area contributed by atoms with E-state index in [2.05, 4.69) is 45.0 Å². The van der Waals surface area contributed by atoms with Crippen molar-refractivity contribution in [1.29, 1.82) is 0 Å². The molecule has 4 nitrogen and oxygen atoms in total. The second kappa shape index (κ2) is 5.84. The Balaban J connectivity index is 2.51. The van der Waals surface area contributed by atoms with Crippen molar-refractivity contribution in [2.45, 2.75) is 34.2 Å². The number of rotatable bonds is 5. The Bertz CT molecular complexity index is 576. The van der Waals surface area contributed by atoms with Gasteiger partial charge in [-0.2, -0.15) is 0 Å². The minimum atomic E-state index is 0.792. The van der Waals surface area contributed by atoms with E-state index < -0.39 is 0 Å². The smallest absolute Gasteiger partial charge is 0.146 e. The van der Waals surface area contributed by atoms with Crippen molar-refractivity contribution in [2.75, 3.05) is 25.5 Å². The average molecular weight is 278 g/mol. The average Bonchev–Trinajstić information content (AvgIpc) is 2.65. The molecule has 0 unspecified atom stereocenters. The first-order chi connectivity index (χ1) is 9.06. The molecule has 104 valence electrons. The fraction of sp³-hybridized carbons (Fsp3) is 0.571. The van der Waals surface area contributed by atoms with Gasteiger partial charge in [0.2, 0.25) is 0 Å². The number of nitrogens with one attached hydrogen (secondary N) is 1. The lowest BCUT2D eigenvalue weighted by atomic mass is 10.2. The highest BCUT2D eigenvalue weighted by Gasteiger charge is 2.14. The Kier molecular flexibility index (Phi) is 4.37. The molecule has 0 aliphatic carbocycles. The number of hydrogen-bond acceptors (Lipinski definition) is 5.